The molecule has 11 aromatic rings. The fourth-order valence-corrected chi connectivity index (χ4v) is 10.1. The molecule has 0 saturated heterocycles. The van der Waals surface area contributed by atoms with E-state index in [4.69, 9.17) is 15.0 Å². The van der Waals surface area contributed by atoms with Crippen LogP contribution in [0.4, 0.5) is 0 Å². The van der Waals surface area contributed by atoms with Crippen molar-refractivity contribution >= 4 is 0 Å². The fraction of sp³-hybridized carbons (Fsp3) is 0.0156. The Morgan fingerprint density at radius 2 is 0.493 bits per heavy atom. The first kappa shape index (κ1) is 39.8. The molecule has 3 nitrogen and oxygen atoms in total. The van der Waals surface area contributed by atoms with Gasteiger partial charge >= 0.3 is 0 Å². The second kappa shape index (κ2) is 17.0. The van der Waals surface area contributed by atoms with Crippen molar-refractivity contribution in [2.45, 2.75) is 5.41 Å². The maximum Gasteiger partial charge on any atom is 0.164 e. The Kier molecular flexibility index (Phi) is 10.1. The SMILES string of the molecule is c1ccc(-c2nc(-c3ccccc3)nc(-c3cccc(-c4cccc(-c5cccc(-c6cccc(-c7cccc(C8(c9ccccc9)c9ccccc9-c9ccccc98)c7)c6)c5)c4)c3)n2)cc1. The Morgan fingerprint density at radius 1 is 0.209 bits per heavy atom. The molecule has 0 bridgehead atoms. The van der Waals surface area contributed by atoms with Gasteiger partial charge in [0.2, 0.25) is 0 Å². The summed E-state index contributed by atoms with van der Waals surface area (Å²) in [5, 5.41) is 0. The normalized spacial score (nSPS) is 12.3. The van der Waals surface area contributed by atoms with Gasteiger partial charge in [0, 0.05) is 16.7 Å². The maximum absolute atomic E-state index is 5.00. The molecule has 1 aliphatic carbocycles. The third-order valence-electron chi connectivity index (χ3n) is 13.2. The topological polar surface area (TPSA) is 38.7 Å². The highest BCUT2D eigenvalue weighted by atomic mass is 15.0. The van der Waals surface area contributed by atoms with Crippen LogP contribution >= 0.6 is 0 Å². The van der Waals surface area contributed by atoms with E-state index in [1.165, 1.54) is 55.6 Å². The number of nitrogens with zero attached hydrogens (tertiary/aromatic N) is 3. The molecule has 0 unspecified atom stereocenters. The molecule has 0 aliphatic heterocycles. The minimum atomic E-state index is -0.448. The van der Waals surface area contributed by atoms with Crippen molar-refractivity contribution in [3.8, 4) is 89.8 Å². The van der Waals surface area contributed by atoms with Gasteiger partial charge in [0.05, 0.1) is 5.41 Å². The average molecular weight is 854 g/mol. The molecule has 314 valence electrons. The van der Waals surface area contributed by atoms with E-state index in [2.05, 4.69) is 200 Å². The Bertz CT molecular complexity index is 3480. The minimum Gasteiger partial charge on any atom is -0.208 e. The molecule has 0 N–H and O–H groups in total. The van der Waals surface area contributed by atoms with Crippen LogP contribution in [0.3, 0.4) is 0 Å². The fourth-order valence-electron chi connectivity index (χ4n) is 10.1. The van der Waals surface area contributed by atoms with Gasteiger partial charge in [-0.2, -0.15) is 0 Å². The second-order valence-electron chi connectivity index (χ2n) is 17.1. The summed E-state index contributed by atoms with van der Waals surface area (Å²) in [7, 11) is 0. The van der Waals surface area contributed by atoms with Gasteiger partial charge in [-0.25, -0.2) is 15.0 Å². The molecule has 10 aromatic carbocycles. The van der Waals surface area contributed by atoms with Gasteiger partial charge in [0.15, 0.2) is 17.5 Å². The average Bonchev–Trinajstić information content (AvgIpc) is 3.73. The molecular formula is C64H43N3. The van der Waals surface area contributed by atoms with Gasteiger partial charge in [-0.05, 0) is 108 Å². The molecule has 1 aliphatic rings. The molecule has 12 rings (SSSR count). The molecule has 0 fully saturated rings. The Hall–Kier alpha value is -8.79. The molecular weight excluding hydrogens is 811 g/mol. The van der Waals surface area contributed by atoms with Gasteiger partial charge in [-0.15, -0.1) is 0 Å². The van der Waals surface area contributed by atoms with Crippen molar-refractivity contribution in [1.82, 2.24) is 15.0 Å². The molecule has 67 heavy (non-hydrogen) atoms. The number of hydrogen-bond donors (Lipinski definition) is 0. The van der Waals surface area contributed by atoms with Crippen LogP contribution in [-0.4, -0.2) is 15.0 Å². The van der Waals surface area contributed by atoms with Crippen LogP contribution in [0.2, 0.25) is 0 Å². The molecule has 0 atom stereocenters. The smallest absolute Gasteiger partial charge is 0.164 e. The zero-order valence-corrected chi connectivity index (χ0v) is 36.7. The van der Waals surface area contributed by atoms with E-state index in [0.717, 1.165) is 38.9 Å². The standard InChI is InChI=1S/C64H43N3/c1-4-19-44(20-5-1)61-65-62(45-21-6-2-7-22-45)67-63(66-61)54-31-17-29-52(42-54)50-27-15-25-48(40-50)46-23-14-24-47(39-46)49-26-16-28-51(41-49)53-30-18-34-56(43-53)64(55-32-8-3-9-33-55)59-37-12-10-35-57(59)58-36-11-13-38-60(58)64/h1-43H. The van der Waals surface area contributed by atoms with Crippen LogP contribution in [0.15, 0.2) is 261 Å². The molecule has 0 spiro atoms. The van der Waals surface area contributed by atoms with Crippen LogP contribution in [-0.2, 0) is 5.41 Å². The van der Waals surface area contributed by atoms with Crippen molar-refractivity contribution in [2.75, 3.05) is 0 Å². The zero-order chi connectivity index (χ0) is 44.6. The van der Waals surface area contributed by atoms with Crippen LogP contribution < -0.4 is 0 Å². The van der Waals surface area contributed by atoms with Crippen molar-refractivity contribution in [3.63, 3.8) is 0 Å². The van der Waals surface area contributed by atoms with E-state index >= 15 is 0 Å². The quantitative estimate of drug-likeness (QED) is 0.145. The summed E-state index contributed by atoms with van der Waals surface area (Å²) < 4.78 is 0. The van der Waals surface area contributed by atoms with E-state index in [-0.39, 0.29) is 0 Å². The number of aromatic nitrogens is 3. The molecule has 0 amide bonds. The van der Waals surface area contributed by atoms with E-state index < -0.39 is 5.41 Å². The van der Waals surface area contributed by atoms with E-state index in [9.17, 15) is 0 Å². The molecule has 1 heterocycles. The van der Waals surface area contributed by atoms with Gasteiger partial charge in [0.25, 0.3) is 0 Å². The Morgan fingerprint density at radius 3 is 0.925 bits per heavy atom. The van der Waals surface area contributed by atoms with E-state index in [0.29, 0.717) is 17.5 Å². The first-order valence-corrected chi connectivity index (χ1v) is 22.8. The van der Waals surface area contributed by atoms with Crippen molar-refractivity contribution in [3.05, 3.63) is 283 Å². The van der Waals surface area contributed by atoms with Gasteiger partial charge < -0.3 is 0 Å². The Labute approximate surface area is 391 Å². The van der Waals surface area contributed by atoms with Crippen molar-refractivity contribution in [2.24, 2.45) is 0 Å². The number of rotatable bonds is 9. The maximum atomic E-state index is 5.00. The number of benzene rings is 10. The lowest BCUT2D eigenvalue weighted by atomic mass is 9.67. The molecule has 3 heteroatoms. The summed E-state index contributed by atoms with van der Waals surface area (Å²) >= 11 is 0. The number of fused-ring (bicyclic) bond motifs is 3. The first-order chi connectivity index (χ1) is 33.2. The van der Waals surface area contributed by atoms with Crippen LogP contribution in [0, 0.1) is 0 Å². The lowest BCUT2D eigenvalue weighted by Gasteiger charge is -2.34. The Balaban J connectivity index is 0.875. The van der Waals surface area contributed by atoms with Gasteiger partial charge in [0.1, 0.15) is 0 Å². The molecule has 0 radical (unpaired) electrons. The van der Waals surface area contributed by atoms with Crippen LogP contribution in [0.5, 0.6) is 0 Å². The highest BCUT2D eigenvalue weighted by Crippen LogP contribution is 2.56. The number of hydrogen-bond acceptors (Lipinski definition) is 3. The summed E-state index contributed by atoms with van der Waals surface area (Å²) in [6.07, 6.45) is 0. The lowest BCUT2D eigenvalue weighted by Crippen LogP contribution is -2.28. The predicted molar refractivity (Wildman–Crippen MR) is 275 cm³/mol. The van der Waals surface area contributed by atoms with Crippen LogP contribution in [0.1, 0.15) is 22.3 Å². The highest BCUT2D eigenvalue weighted by Gasteiger charge is 2.45. The zero-order valence-electron chi connectivity index (χ0n) is 36.7. The summed E-state index contributed by atoms with van der Waals surface area (Å²) in [4.78, 5) is 14.9. The molecule has 1 aromatic heterocycles. The lowest BCUT2D eigenvalue weighted by molar-refractivity contribution is 0.769. The third-order valence-corrected chi connectivity index (χ3v) is 13.2. The third kappa shape index (κ3) is 7.24. The summed E-state index contributed by atoms with van der Waals surface area (Å²) in [5.41, 5.74) is 19.4. The predicted octanol–water partition coefficient (Wildman–Crippen LogP) is 15.9. The van der Waals surface area contributed by atoms with Crippen LogP contribution in [0.25, 0.3) is 89.8 Å². The van der Waals surface area contributed by atoms with Crippen molar-refractivity contribution in [1.29, 1.82) is 0 Å². The monoisotopic (exact) mass is 853 g/mol. The largest absolute Gasteiger partial charge is 0.208 e. The van der Waals surface area contributed by atoms with E-state index in [1.807, 2.05) is 60.7 Å². The summed E-state index contributed by atoms with van der Waals surface area (Å²) in [6, 6.07) is 93.4. The second-order valence-corrected chi connectivity index (χ2v) is 17.1. The summed E-state index contributed by atoms with van der Waals surface area (Å²) in [6.45, 7) is 0. The van der Waals surface area contributed by atoms with E-state index in [1.54, 1.807) is 0 Å². The highest BCUT2D eigenvalue weighted by molar-refractivity contribution is 5.87. The first-order valence-electron chi connectivity index (χ1n) is 22.8. The van der Waals surface area contributed by atoms with Crippen molar-refractivity contribution < 1.29 is 0 Å². The summed E-state index contributed by atoms with van der Waals surface area (Å²) in [5.74, 6) is 1.93. The molecule has 0 saturated carbocycles. The van der Waals surface area contributed by atoms with Gasteiger partial charge in [-0.1, -0.05) is 231 Å². The van der Waals surface area contributed by atoms with Gasteiger partial charge in [-0.3, -0.25) is 0 Å². The minimum absolute atomic E-state index is 0.448.